The van der Waals surface area contributed by atoms with Crippen LogP contribution < -0.4 is 10.2 Å². The number of fused-ring (bicyclic) bond motifs is 1. The summed E-state index contributed by atoms with van der Waals surface area (Å²) < 4.78 is 0. The van der Waals surface area contributed by atoms with Crippen molar-refractivity contribution in [1.82, 2.24) is 14.9 Å². The molecule has 3 rings (SSSR count). The second-order valence-electron chi connectivity index (χ2n) is 5.13. The van der Waals surface area contributed by atoms with Gasteiger partial charge in [-0.3, -0.25) is 9.80 Å². The van der Waals surface area contributed by atoms with Crippen LogP contribution in [0.1, 0.15) is 0 Å². The smallest absolute Gasteiger partial charge is 0.285 e. The number of aliphatic imine (C=N–C) groups is 1. The third-order valence-corrected chi connectivity index (χ3v) is 3.70. The molecule has 1 N–H and O–H groups in total. The van der Waals surface area contributed by atoms with Crippen molar-refractivity contribution in [3.05, 3.63) is 53.5 Å². The number of carbonyl (C=O) groups excluding carboxylic acids is 1. The number of carbonyl (C=O) groups is 1. The van der Waals surface area contributed by atoms with Crippen LogP contribution in [0.5, 0.6) is 0 Å². The van der Waals surface area contributed by atoms with Crippen LogP contribution in [-0.2, 0) is 4.79 Å². The highest BCUT2D eigenvalue weighted by atomic mass is 35.5. The van der Waals surface area contributed by atoms with E-state index in [1.807, 2.05) is 53.4 Å². The standard InChI is InChI=1S/C15H16ClN5O/c1-19(2)21-8-7-14-17-13(9-20(14)10-21)15(22)18-12-6-4-3-5-11(12)16/h3-9H,10H2,1-2H3,(H,18,22)/q+1. The molecule has 7 heteroatoms. The normalized spacial score (nSPS) is 17.4. The molecular weight excluding hydrogens is 302 g/mol. The minimum absolute atomic E-state index is 0.278. The van der Waals surface area contributed by atoms with Crippen LogP contribution in [0.15, 0.2) is 53.4 Å². The van der Waals surface area contributed by atoms with Gasteiger partial charge in [0, 0.05) is 26.4 Å². The van der Waals surface area contributed by atoms with E-state index in [9.17, 15) is 4.79 Å². The van der Waals surface area contributed by atoms with E-state index >= 15 is 0 Å². The van der Waals surface area contributed by atoms with Crippen molar-refractivity contribution >= 4 is 29.0 Å². The first-order chi connectivity index (χ1) is 10.5. The van der Waals surface area contributed by atoms with E-state index in [1.54, 1.807) is 18.3 Å². The van der Waals surface area contributed by atoms with Gasteiger partial charge in [-0.05, 0) is 12.1 Å². The predicted molar refractivity (Wildman–Crippen MR) is 87.3 cm³/mol. The van der Waals surface area contributed by atoms with Crippen LogP contribution in [-0.4, -0.2) is 42.5 Å². The van der Waals surface area contributed by atoms with Gasteiger partial charge in [-0.15, -0.1) is 0 Å². The number of hydrogen-bond acceptors (Lipinski definition) is 5. The SMILES string of the molecule is CN(C)N1C=CC2=NC(C(=O)Nc3ccccc3Cl)=C[N+]2C1. The molecule has 22 heavy (non-hydrogen) atoms. The summed E-state index contributed by atoms with van der Waals surface area (Å²) in [6, 6.07) is 7.11. The van der Waals surface area contributed by atoms with Crippen LogP contribution in [0.3, 0.4) is 0 Å². The molecule has 0 aromatic heterocycles. The lowest BCUT2D eigenvalue weighted by Crippen LogP contribution is -2.47. The van der Waals surface area contributed by atoms with E-state index in [0.717, 1.165) is 5.84 Å². The molecule has 2 aliphatic rings. The van der Waals surface area contributed by atoms with E-state index in [-0.39, 0.29) is 5.91 Å². The molecule has 1 amide bonds. The van der Waals surface area contributed by atoms with Gasteiger partial charge in [0.1, 0.15) is 0 Å². The molecule has 0 saturated carbocycles. The highest BCUT2D eigenvalue weighted by molar-refractivity contribution is 6.33. The van der Waals surface area contributed by atoms with Gasteiger partial charge >= 0.3 is 0 Å². The van der Waals surface area contributed by atoms with Crippen LogP contribution in [0.2, 0.25) is 5.02 Å². The second-order valence-corrected chi connectivity index (χ2v) is 5.54. The van der Waals surface area contributed by atoms with Crippen molar-refractivity contribution in [2.24, 2.45) is 4.99 Å². The first-order valence-electron chi connectivity index (χ1n) is 6.80. The number of hydrazine groups is 1. The second kappa shape index (κ2) is 5.92. The van der Waals surface area contributed by atoms with Gasteiger partial charge in [-0.25, -0.2) is 5.01 Å². The quantitative estimate of drug-likeness (QED) is 0.867. The molecule has 6 nitrogen and oxygen atoms in total. The molecule has 2 aliphatic heterocycles. The number of anilines is 1. The molecule has 2 heterocycles. The van der Waals surface area contributed by atoms with Crippen LogP contribution in [0.25, 0.3) is 0 Å². The summed E-state index contributed by atoms with van der Waals surface area (Å²) >= 11 is 6.05. The summed E-state index contributed by atoms with van der Waals surface area (Å²) in [4.78, 5) is 18.6. The largest absolute Gasteiger partial charge is 0.319 e. The zero-order valence-corrected chi connectivity index (χ0v) is 13.1. The summed E-state index contributed by atoms with van der Waals surface area (Å²) in [5, 5.41) is 7.24. The lowest BCUT2D eigenvalue weighted by atomic mass is 10.3. The molecule has 0 spiro atoms. The first-order valence-corrected chi connectivity index (χ1v) is 7.17. The summed E-state index contributed by atoms with van der Waals surface area (Å²) in [6.45, 7) is 0.616. The zero-order valence-electron chi connectivity index (χ0n) is 12.3. The maximum Gasteiger partial charge on any atom is 0.285 e. The third kappa shape index (κ3) is 2.89. The van der Waals surface area contributed by atoms with E-state index in [4.69, 9.17) is 11.6 Å². The molecule has 0 bridgehead atoms. The van der Waals surface area contributed by atoms with Crippen molar-refractivity contribution in [2.45, 2.75) is 0 Å². The Kier molecular flexibility index (Phi) is 3.98. The Morgan fingerprint density at radius 3 is 2.91 bits per heavy atom. The Bertz CT molecular complexity index is 695. The fourth-order valence-corrected chi connectivity index (χ4v) is 2.33. The number of nitrogens with zero attached hydrogens (tertiary/aromatic N) is 4. The molecule has 0 aliphatic carbocycles. The Balaban J connectivity index is 1.74. The average molecular weight is 318 g/mol. The summed E-state index contributed by atoms with van der Waals surface area (Å²) in [6.07, 6.45) is 5.54. The van der Waals surface area contributed by atoms with Crippen LogP contribution in [0.4, 0.5) is 5.69 Å². The fraction of sp³-hybridized carbons (Fsp3) is 0.200. The average Bonchev–Trinajstić information content (AvgIpc) is 2.92. The summed E-state index contributed by atoms with van der Waals surface area (Å²) in [5.74, 6) is 0.474. The molecule has 0 fully saturated rings. The van der Waals surface area contributed by atoms with Crippen LogP contribution in [0, 0.1) is 0 Å². The Morgan fingerprint density at radius 1 is 1.41 bits per heavy atom. The van der Waals surface area contributed by atoms with Crippen molar-refractivity contribution < 1.29 is 4.79 Å². The highest BCUT2D eigenvalue weighted by Crippen LogP contribution is 2.22. The third-order valence-electron chi connectivity index (χ3n) is 3.37. The molecule has 0 atom stereocenters. The number of nitrogens with one attached hydrogen (secondary N) is 1. The monoisotopic (exact) mass is 317 g/mol. The van der Waals surface area contributed by atoms with Crippen molar-refractivity contribution in [1.29, 1.82) is 0 Å². The number of halogens is 1. The molecule has 113 valence electrons. The maximum atomic E-state index is 12.3. The Morgan fingerprint density at radius 2 is 2.18 bits per heavy atom. The Labute approximate surface area is 133 Å². The van der Waals surface area contributed by atoms with Crippen molar-refractivity contribution in [3.8, 4) is 0 Å². The maximum absolute atomic E-state index is 12.3. The Hall–Kier alpha value is -2.15. The number of amidine groups is 1. The fourth-order valence-electron chi connectivity index (χ4n) is 2.15. The number of hydrogen-bond donors (Lipinski definition) is 1. The molecule has 0 saturated heterocycles. The minimum atomic E-state index is -0.278. The van der Waals surface area contributed by atoms with Gasteiger partial charge in [0.05, 0.1) is 10.7 Å². The lowest BCUT2D eigenvalue weighted by molar-refractivity contribution is -0.112. The molecule has 1 aromatic carbocycles. The molecule has 1 aromatic rings. The predicted octanol–water partition coefficient (Wildman–Crippen LogP) is 1.94. The van der Waals surface area contributed by atoms with Gasteiger partial charge in [0.2, 0.25) is 6.67 Å². The molecule has 1 radical (unpaired) electrons. The molecular formula is C15H16ClN5O+. The summed E-state index contributed by atoms with van der Waals surface area (Å²) in [5.41, 5.74) is 0.936. The molecule has 0 unspecified atom stereocenters. The van der Waals surface area contributed by atoms with E-state index in [0.29, 0.717) is 23.1 Å². The lowest BCUT2D eigenvalue weighted by Gasteiger charge is -2.27. The van der Waals surface area contributed by atoms with E-state index < -0.39 is 0 Å². The van der Waals surface area contributed by atoms with Crippen molar-refractivity contribution in [2.75, 3.05) is 26.1 Å². The van der Waals surface area contributed by atoms with Gasteiger partial charge in [-0.1, -0.05) is 28.6 Å². The van der Waals surface area contributed by atoms with Gasteiger partial charge < -0.3 is 5.32 Å². The summed E-state index contributed by atoms with van der Waals surface area (Å²) in [7, 11) is 3.91. The minimum Gasteiger partial charge on any atom is -0.319 e. The number of para-hydroxylation sites is 1. The first kappa shape index (κ1) is 14.8. The van der Waals surface area contributed by atoms with Gasteiger partial charge in [-0.2, -0.15) is 4.99 Å². The van der Waals surface area contributed by atoms with Crippen LogP contribution >= 0.6 is 11.6 Å². The topological polar surface area (TPSA) is 53.8 Å². The number of benzene rings is 1. The highest BCUT2D eigenvalue weighted by Gasteiger charge is 2.35. The number of amides is 1. The van der Waals surface area contributed by atoms with Crippen molar-refractivity contribution in [3.63, 3.8) is 0 Å². The number of rotatable bonds is 3. The van der Waals surface area contributed by atoms with Gasteiger partial charge in [0.25, 0.3) is 11.7 Å². The van der Waals surface area contributed by atoms with E-state index in [2.05, 4.69) is 10.3 Å². The van der Waals surface area contributed by atoms with Gasteiger partial charge in [0.15, 0.2) is 11.9 Å². The van der Waals surface area contributed by atoms with E-state index in [1.165, 1.54) is 0 Å². The zero-order chi connectivity index (χ0) is 15.7.